The number of hydrogen-bond acceptors (Lipinski definition) is 2. The number of thiophene rings is 1. The van der Waals surface area contributed by atoms with Crippen LogP contribution in [0.5, 0.6) is 0 Å². The lowest BCUT2D eigenvalue weighted by Gasteiger charge is -2.11. The van der Waals surface area contributed by atoms with Crippen LogP contribution in [-0.4, -0.2) is 9.55 Å². The molecule has 0 saturated heterocycles. The Morgan fingerprint density at radius 2 is 1.24 bits per heavy atom. The van der Waals surface area contributed by atoms with Crippen molar-refractivity contribution in [3.63, 3.8) is 0 Å². The average molecular weight is 453 g/mol. The molecule has 3 heteroatoms. The first kappa shape index (κ1) is 19.3. The number of aromatic nitrogens is 2. The average Bonchev–Trinajstić information content (AvgIpc) is 3.48. The molecule has 0 unspecified atom stereocenters. The topological polar surface area (TPSA) is 17.8 Å². The van der Waals surface area contributed by atoms with Gasteiger partial charge < -0.3 is 0 Å². The van der Waals surface area contributed by atoms with Crippen LogP contribution in [0.4, 0.5) is 0 Å². The normalized spacial score (nSPS) is 11.5. The highest BCUT2D eigenvalue weighted by Crippen LogP contribution is 2.45. The number of fused-ring (bicyclic) bond motifs is 5. The predicted molar refractivity (Wildman–Crippen MR) is 145 cm³/mol. The zero-order valence-corrected chi connectivity index (χ0v) is 19.2. The molecular formula is C31H20N2S. The van der Waals surface area contributed by atoms with Crippen molar-refractivity contribution in [2.45, 2.75) is 0 Å². The minimum absolute atomic E-state index is 0.962. The highest BCUT2D eigenvalue weighted by atomic mass is 32.1. The molecule has 0 N–H and O–H groups in total. The van der Waals surface area contributed by atoms with Gasteiger partial charge in [0.2, 0.25) is 0 Å². The molecule has 0 fully saturated rings. The SMILES string of the molecule is c1ccc(-c2cc3c(nc(-c4ccccc4)n3-c3ccccc3)c3c2sc2ccccc23)cc1. The third-order valence-electron chi connectivity index (χ3n) is 6.40. The van der Waals surface area contributed by atoms with Crippen molar-refractivity contribution < 1.29 is 0 Å². The smallest absolute Gasteiger partial charge is 0.145 e. The molecular weight excluding hydrogens is 432 g/mol. The summed E-state index contributed by atoms with van der Waals surface area (Å²) in [7, 11) is 0. The van der Waals surface area contributed by atoms with E-state index in [-0.39, 0.29) is 0 Å². The van der Waals surface area contributed by atoms with Gasteiger partial charge in [0, 0.05) is 37.0 Å². The number of nitrogens with zero attached hydrogens (tertiary/aromatic N) is 2. The van der Waals surface area contributed by atoms with Gasteiger partial charge in [-0.25, -0.2) is 4.98 Å². The lowest BCUT2D eigenvalue weighted by molar-refractivity contribution is 1.10. The molecule has 0 radical (unpaired) electrons. The second kappa shape index (κ2) is 7.68. The molecule has 0 aliphatic rings. The Hall–Kier alpha value is -4.21. The Morgan fingerprint density at radius 3 is 1.97 bits per heavy atom. The Balaban J connectivity index is 1.71. The van der Waals surface area contributed by atoms with Gasteiger partial charge in [-0.05, 0) is 29.8 Å². The fourth-order valence-corrected chi connectivity index (χ4v) is 6.12. The van der Waals surface area contributed by atoms with E-state index in [1.54, 1.807) is 0 Å². The van der Waals surface area contributed by atoms with Crippen LogP contribution in [0.3, 0.4) is 0 Å². The summed E-state index contributed by atoms with van der Waals surface area (Å²) in [6, 6.07) is 42.8. The molecule has 0 aliphatic carbocycles. The Kier molecular flexibility index (Phi) is 4.36. The maximum Gasteiger partial charge on any atom is 0.145 e. The van der Waals surface area contributed by atoms with Crippen LogP contribution in [-0.2, 0) is 0 Å². The molecule has 0 spiro atoms. The summed E-state index contributed by atoms with van der Waals surface area (Å²) in [6.45, 7) is 0. The van der Waals surface area contributed by atoms with Crippen LogP contribution in [0.2, 0.25) is 0 Å². The molecule has 34 heavy (non-hydrogen) atoms. The third kappa shape index (κ3) is 2.91. The van der Waals surface area contributed by atoms with Crippen LogP contribution < -0.4 is 0 Å². The second-order valence-corrected chi connectivity index (χ2v) is 9.48. The zero-order valence-electron chi connectivity index (χ0n) is 18.3. The number of para-hydroxylation sites is 1. The standard InChI is InChI=1S/C31H20N2S/c1-4-12-21(13-5-1)25-20-26-29(28-24-18-10-11-19-27(24)34-30(25)28)32-31(22-14-6-2-7-15-22)33(26)23-16-8-3-9-17-23/h1-20H. The van der Waals surface area contributed by atoms with Crippen LogP contribution in [0.15, 0.2) is 121 Å². The molecule has 2 aromatic heterocycles. The van der Waals surface area contributed by atoms with Gasteiger partial charge in [0.15, 0.2) is 0 Å². The van der Waals surface area contributed by atoms with Gasteiger partial charge in [-0.15, -0.1) is 11.3 Å². The number of benzene rings is 5. The quantitative estimate of drug-likeness (QED) is 0.262. The predicted octanol–water partition coefficient (Wildman–Crippen LogP) is 8.73. The fraction of sp³-hybridized carbons (Fsp3) is 0. The van der Waals surface area contributed by atoms with E-state index < -0.39 is 0 Å². The summed E-state index contributed by atoms with van der Waals surface area (Å²) in [4.78, 5) is 5.31. The molecule has 2 heterocycles. The molecule has 2 nitrogen and oxygen atoms in total. The van der Waals surface area contributed by atoms with Crippen molar-refractivity contribution in [2.24, 2.45) is 0 Å². The maximum absolute atomic E-state index is 5.31. The van der Waals surface area contributed by atoms with Crippen molar-refractivity contribution in [1.29, 1.82) is 0 Å². The molecule has 0 atom stereocenters. The first-order valence-electron chi connectivity index (χ1n) is 11.4. The van der Waals surface area contributed by atoms with Crippen LogP contribution in [0.25, 0.3) is 59.4 Å². The second-order valence-electron chi connectivity index (χ2n) is 8.43. The third-order valence-corrected chi connectivity index (χ3v) is 7.61. The highest BCUT2D eigenvalue weighted by molar-refractivity contribution is 7.26. The van der Waals surface area contributed by atoms with Crippen molar-refractivity contribution >= 4 is 42.5 Å². The van der Waals surface area contributed by atoms with Gasteiger partial charge in [-0.1, -0.05) is 97.1 Å². The molecule has 0 amide bonds. The van der Waals surface area contributed by atoms with Gasteiger partial charge in [0.25, 0.3) is 0 Å². The number of rotatable bonds is 3. The van der Waals surface area contributed by atoms with E-state index in [9.17, 15) is 0 Å². The number of imidazole rings is 1. The molecule has 0 aliphatic heterocycles. The van der Waals surface area contributed by atoms with Crippen LogP contribution in [0, 0.1) is 0 Å². The van der Waals surface area contributed by atoms with Crippen LogP contribution in [0.1, 0.15) is 0 Å². The maximum atomic E-state index is 5.31. The lowest BCUT2D eigenvalue weighted by atomic mass is 10.0. The van der Waals surface area contributed by atoms with E-state index in [0.717, 1.165) is 28.1 Å². The molecule has 0 saturated carbocycles. The van der Waals surface area contributed by atoms with Gasteiger partial charge >= 0.3 is 0 Å². The Labute approximate surface area is 201 Å². The summed E-state index contributed by atoms with van der Waals surface area (Å²) < 4.78 is 4.89. The van der Waals surface area contributed by atoms with E-state index in [1.165, 1.54) is 31.3 Å². The van der Waals surface area contributed by atoms with Gasteiger partial charge in [0.1, 0.15) is 5.82 Å². The van der Waals surface area contributed by atoms with Crippen molar-refractivity contribution in [3.05, 3.63) is 121 Å². The van der Waals surface area contributed by atoms with Gasteiger partial charge in [-0.2, -0.15) is 0 Å². The van der Waals surface area contributed by atoms with E-state index >= 15 is 0 Å². The van der Waals surface area contributed by atoms with E-state index in [1.807, 2.05) is 11.3 Å². The van der Waals surface area contributed by atoms with Crippen molar-refractivity contribution in [1.82, 2.24) is 9.55 Å². The Bertz CT molecular complexity index is 1780. The lowest BCUT2D eigenvalue weighted by Crippen LogP contribution is -1.97. The van der Waals surface area contributed by atoms with Gasteiger partial charge in [0.05, 0.1) is 11.0 Å². The molecule has 160 valence electrons. The first-order chi connectivity index (χ1) is 16.9. The van der Waals surface area contributed by atoms with E-state index in [4.69, 9.17) is 4.98 Å². The minimum Gasteiger partial charge on any atom is -0.292 e. The molecule has 5 aromatic carbocycles. The molecule has 7 rings (SSSR count). The number of hydrogen-bond donors (Lipinski definition) is 0. The van der Waals surface area contributed by atoms with Crippen LogP contribution >= 0.6 is 11.3 Å². The van der Waals surface area contributed by atoms with E-state index in [2.05, 4.69) is 126 Å². The summed E-state index contributed by atoms with van der Waals surface area (Å²) >= 11 is 1.86. The summed E-state index contributed by atoms with van der Waals surface area (Å²) in [6.07, 6.45) is 0. The summed E-state index contributed by atoms with van der Waals surface area (Å²) in [5.74, 6) is 0.962. The largest absolute Gasteiger partial charge is 0.292 e. The zero-order chi connectivity index (χ0) is 22.5. The Morgan fingerprint density at radius 1 is 0.618 bits per heavy atom. The minimum atomic E-state index is 0.962. The first-order valence-corrected chi connectivity index (χ1v) is 12.2. The molecule has 0 bridgehead atoms. The fourth-order valence-electron chi connectivity index (χ4n) is 4.87. The van der Waals surface area contributed by atoms with Crippen molar-refractivity contribution in [3.8, 4) is 28.2 Å². The van der Waals surface area contributed by atoms with Crippen molar-refractivity contribution in [2.75, 3.05) is 0 Å². The highest BCUT2D eigenvalue weighted by Gasteiger charge is 2.21. The summed E-state index contributed by atoms with van der Waals surface area (Å²) in [5, 5.41) is 2.51. The van der Waals surface area contributed by atoms with Gasteiger partial charge in [-0.3, -0.25) is 4.57 Å². The molecule has 7 aromatic rings. The summed E-state index contributed by atoms with van der Waals surface area (Å²) in [5.41, 5.74) is 6.87. The van der Waals surface area contributed by atoms with E-state index in [0.29, 0.717) is 0 Å². The monoisotopic (exact) mass is 452 g/mol.